The molecule has 1 aliphatic heterocycles. The lowest BCUT2D eigenvalue weighted by Gasteiger charge is -2.30. The number of nitrogens with zero attached hydrogens (tertiary/aromatic N) is 2. The van der Waals surface area contributed by atoms with Crippen LogP contribution in [0.3, 0.4) is 0 Å². The third kappa shape index (κ3) is 5.23. The van der Waals surface area contributed by atoms with E-state index in [2.05, 4.69) is 5.32 Å². The molecule has 0 bridgehead atoms. The lowest BCUT2D eigenvalue weighted by Crippen LogP contribution is -2.42. The van der Waals surface area contributed by atoms with Gasteiger partial charge in [-0.2, -0.15) is 0 Å². The summed E-state index contributed by atoms with van der Waals surface area (Å²) in [6.07, 6.45) is 0.236. The maximum Gasteiger partial charge on any atom is 0.265 e. The van der Waals surface area contributed by atoms with E-state index in [1.165, 1.54) is 0 Å². The first-order valence-corrected chi connectivity index (χ1v) is 9.22. The molecule has 0 unspecified atom stereocenters. The van der Waals surface area contributed by atoms with E-state index in [1.807, 2.05) is 49.3 Å². The van der Waals surface area contributed by atoms with Gasteiger partial charge in [-0.05, 0) is 38.4 Å². The van der Waals surface area contributed by atoms with Crippen molar-refractivity contribution in [2.75, 3.05) is 50.6 Å². The first-order valence-electron chi connectivity index (χ1n) is 9.22. The van der Waals surface area contributed by atoms with Crippen LogP contribution in [0.15, 0.2) is 48.5 Å². The molecule has 0 spiro atoms. The number of likely N-dealkylation sites (N-methyl/N-ethyl adjacent to an activating group) is 1. The van der Waals surface area contributed by atoms with Gasteiger partial charge in [0.1, 0.15) is 11.5 Å². The van der Waals surface area contributed by atoms with E-state index in [9.17, 15) is 9.59 Å². The molecule has 7 nitrogen and oxygen atoms in total. The van der Waals surface area contributed by atoms with E-state index in [0.29, 0.717) is 24.6 Å². The zero-order valence-corrected chi connectivity index (χ0v) is 16.2. The van der Waals surface area contributed by atoms with Gasteiger partial charge in [0.05, 0.1) is 18.7 Å². The molecule has 0 aromatic heterocycles. The van der Waals surface area contributed by atoms with Crippen LogP contribution in [0.2, 0.25) is 0 Å². The minimum Gasteiger partial charge on any atom is -0.493 e. The summed E-state index contributed by atoms with van der Waals surface area (Å²) in [4.78, 5) is 28.1. The van der Waals surface area contributed by atoms with Gasteiger partial charge in [0.2, 0.25) is 5.91 Å². The number of nitrogens with one attached hydrogen (secondary N) is 1. The molecule has 0 aliphatic carbocycles. The van der Waals surface area contributed by atoms with Crippen LogP contribution in [-0.2, 0) is 9.59 Å². The van der Waals surface area contributed by atoms with Crippen molar-refractivity contribution >= 4 is 23.2 Å². The summed E-state index contributed by atoms with van der Waals surface area (Å²) in [6.45, 7) is 1.64. The summed E-state index contributed by atoms with van der Waals surface area (Å²) in [5.41, 5.74) is 1.36. The number of amides is 2. The van der Waals surface area contributed by atoms with E-state index in [-0.39, 0.29) is 24.8 Å². The van der Waals surface area contributed by atoms with Crippen molar-refractivity contribution in [3.8, 4) is 11.5 Å². The fourth-order valence-electron chi connectivity index (χ4n) is 2.83. The van der Waals surface area contributed by atoms with Crippen LogP contribution in [0.5, 0.6) is 11.5 Å². The second kappa shape index (κ2) is 9.23. The van der Waals surface area contributed by atoms with Crippen molar-refractivity contribution < 1.29 is 19.1 Å². The maximum atomic E-state index is 12.2. The lowest BCUT2D eigenvalue weighted by atomic mass is 10.2. The first kappa shape index (κ1) is 19.7. The van der Waals surface area contributed by atoms with Crippen molar-refractivity contribution in [1.82, 2.24) is 4.90 Å². The predicted octanol–water partition coefficient (Wildman–Crippen LogP) is 2.38. The van der Waals surface area contributed by atoms with Crippen molar-refractivity contribution in [2.45, 2.75) is 6.42 Å². The first-order chi connectivity index (χ1) is 13.5. The molecule has 28 heavy (non-hydrogen) atoms. The van der Waals surface area contributed by atoms with Crippen LogP contribution in [-0.4, -0.2) is 57.1 Å². The Morgan fingerprint density at radius 1 is 1.21 bits per heavy atom. The Balaban J connectivity index is 1.57. The number of carbonyl (C=O) groups excluding carboxylic acids is 2. The third-order valence-corrected chi connectivity index (χ3v) is 4.30. The molecule has 1 N–H and O–H groups in total. The molecule has 2 amide bonds. The van der Waals surface area contributed by atoms with Crippen LogP contribution in [0, 0.1) is 0 Å². The molecule has 0 saturated heterocycles. The molecule has 7 heteroatoms. The van der Waals surface area contributed by atoms with Gasteiger partial charge in [-0.25, -0.2) is 0 Å². The molecular weight excluding hydrogens is 358 g/mol. The molecule has 0 atom stereocenters. The van der Waals surface area contributed by atoms with Crippen LogP contribution in [0.25, 0.3) is 0 Å². The Hall–Kier alpha value is -3.06. The summed E-state index contributed by atoms with van der Waals surface area (Å²) in [6, 6.07) is 14.7. The molecular formula is C21H25N3O4. The zero-order valence-electron chi connectivity index (χ0n) is 16.2. The second-order valence-electron chi connectivity index (χ2n) is 6.78. The minimum absolute atomic E-state index is 0.00272. The number of benzene rings is 2. The monoisotopic (exact) mass is 383 g/mol. The fraction of sp³-hybridized carbons (Fsp3) is 0.333. The van der Waals surface area contributed by atoms with Gasteiger partial charge in [-0.1, -0.05) is 18.2 Å². The molecule has 0 radical (unpaired) electrons. The van der Waals surface area contributed by atoms with Gasteiger partial charge in [0.25, 0.3) is 5.91 Å². The zero-order chi connectivity index (χ0) is 19.9. The van der Waals surface area contributed by atoms with Crippen LogP contribution >= 0.6 is 0 Å². The van der Waals surface area contributed by atoms with Crippen LogP contribution in [0.1, 0.15) is 6.42 Å². The molecule has 2 aromatic rings. The molecule has 0 fully saturated rings. The number of rotatable bonds is 8. The highest BCUT2D eigenvalue weighted by atomic mass is 16.5. The highest BCUT2D eigenvalue weighted by Gasteiger charge is 2.25. The number of hydrogen-bond acceptors (Lipinski definition) is 5. The third-order valence-electron chi connectivity index (χ3n) is 4.30. The maximum absolute atomic E-state index is 12.2. The summed E-state index contributed by atoms with van der Waals surface area (Å²) < 4.78 is 11.1. The van der Waals surface area contributed by atoms with Crippen molar-refractivity contribution in [3.05, 3.63) is 48.5 Å². The van der Waals surface area contributed by atoms with Gasteiger partial charge < -0.3 is 24.6 Å². The molecule has 0 saturated carbocycles. The highest BCUT2D eigenvalue weighted by Crippen LogP contribution is 2.34. The Morgan fingerprint density at radius 2 is 2.00 bits per heavy atom. The standard InChI is InChI=1S/C21H25N3O4/c1-23(2)11-12-24-18-9-8-16(14-19(18)28-15-21(24)26)22-20(25)10-13-27-17-6-4-3-5-7-17/h3-9,14H,10-13,15H2,1-2H3,(H,22,25). The van der Waals surface area contributed by atoms with E-state index >= 15 is 0 Å². The van der Waals surface area contributed by atoms with Gasteiger partial charge in [0, 0.05) is 24.8 Å². The van der Waals surface area contributed by atoms with E-state index in [0.717, 1.165) is 18.0 Å². The van der Waals surface area contributed by atoms with Gasteiger partial charge in [-0.3, -0.25) is 9.59 Å². The summed E-state index contributed by atoms with van der Waals surface area (Å²) in [5, 5.41) is 2.84. The number of carbonyl (C=O) groups is 2. The average Bonchev–Trinajstić information content (AvgIpc) is 2.68. The second-order valence-corrected chi connectivity index (χ2v) is 6.78. The molecule has 1 aliphatic rings. The Kier molecular flexibility index (Phi) is 6.49. The molecule has 2 aromatic carbocycles. The molecule has 148 valence electrons. The minimum atomic E-state index is -0.146. The average molecular weight is 383 g/mol. The lowest BCUT2D eigenvalue weighted by molar-refractivity contribution is -0.121. The fourth-order valence-corrected chi connectivity index (χ4v) is 2.83. The van der Waals surface area contributed by atoms with Gasteiger partial charge in [0.15, 0.2) is 6.61 Å². The number of para-hydroxylation sites is 1. The number of ether oxygens (including phenoxy) is 2. The van der Waals surface area contributed by atoms with Gasteiger partial charge in [-0.15, -0.1) is 0 Å². The summed E-state index contributed by atoms with van der Waals surface area (Å²) in [7, 11) is 3.93. The number of fused-ring (bicyclic) bond motifs is 1. The van der Waals surface area contributed by atoms with E-state index < -0.39 is 0 Å². The van der Waals surface area contributed by atoms with E-state index in [4.69, 9.17) is 9.47 Å². The van der Waals surface area contributed by atoms with Gasteiger partial charge >= 0.3 is 0 Å². The smallest absolute Gasteiger partial charge is 0.265 e. The Morgan fingerprint density at radius 3 is 2.75 bits per heavy atom. The summed E-state index contributed by atoms with van der Waals surface area (Å²) in [5.74, 6) is 1.12. The number of hydrogen-bond donors (Lipinski definition) is 1. The predicted molar refractivity (Wildman–Crippen MR) is 108 cm³/mol. The quantitative estimate of drug-likeness (QED) is 0.758. The Labute approximate surface area is 164 Å². The van der Waals surface area contributed by atoms with Crippen LogP contribution < -0.4 is 19.7 Å². The summed E-state index contributed by atoms with van der Waals surface area (Å²) >= 11 is 0. The van der Waals surface area contributed by atoms with Crippen molar-refractivity contribution in [2.24, 2.45) is 0 Å². The molecule has 3 rings (SSSR count). The van der Waals surface area contributed by atoms with E-state index in [1.54, 1.807) is 23.1 Å². The highest BCUT2D eigenvalue weighted by molar-refractivity contribution is 5.99. The van der Waals surface area contributed by atoms with Crippen molar-refractivity contribution in [1.29, 1.82) is 0 Å². The van der Waals surface area contributed by atoms with Crippen molar-refractivity contribution in [3.63, 3.8) is 0 Å². The topological polar surface area (TPSA) is 71.1 Å². The van der Waals surface area contributed by atoms with Crippen LogP contribution in [0.4, 0.5) is 11.4 Å². The molecule has 1 heterocycles. The SMILES string of the molecule is CN(C)CCN1C(=O)COc2cc(NC(=O)CCOc3ccccc3)ccc21. The Bertz CT molecular complexity index is 824. The normalized spacial score (nSPS) is 13.1. The largest absolute Gasteiger partial charge is 0.493 e. The number of anilines is 2.